The molecule has 2 aromatic heterocycles. The number of benzene rings is 1. The SMILES string of the molecule is CC1(C)c2cccc3c2[C@@H](N[S@+]1[O-])C1(CCN(c2nc4[nH]nc(I)c4c(=O)[nH]2)CC1)C3. The van der Waals surface area contributed by atoms with Gasteiger partial charge in [0.2, 0.25) is 5.95 Å². The quantitative estimate of drug-likeness (QED) is 0.317. The van der Waals surface area contributed by atoms with Crippen molar-refractivity contribution < 1.29 is 4.55 Å². The lowest BCUT2D eigenvalue weighted by atomic mass is 9.72. The summed E-state index contributed by atoms with van der Waals surface area (Å²) in [4.78, 5) is 22.2. The van der Waals surface area contributed by atoms with Crippen LogP contribution >= 0.6 is 22.6 Å². The Morgan fingerprint density at radius 1 is 1.29 bits per heavy atom. The molecule has 1 aromatic carbocycles. The van der Waals surface area contributed by atoms with Crippen molar-refractivity contribution >= 4 is 50.9 Å². The highest BCUT2D eigenvalue weighted by Crippen LogP contribution is 2.57. The number of piperidine rings is 1. The number of hydrogen-bond donors (Lipinski definition) is 3. The van der Waals surface area contributed by atoms with Crippen molar-refractivity contribution in [1.82, 2.24) is 24.9 Å². The van der Waals surface area contributed by atoms with Gasteiger partial charge in [-0.25, -0.2) is 0 Å². The molecule has 1 fully saturated rings. The predicted octanol–water partition coefficient (Wildman–Crippen LogP) is 2.64. The molecule has 2 atom stereocenters. The molecule has 0 saturated carbocycles. The van der Waals surface area contributed by atoms with Crippen molar-refractivity contribution in [1.29, 1.82) is 0 Å². The first kappa shape index (κ1) is 20.0. The molecule has 3 aliphatic rings. The maximum absolute atomic E-state index is 13.1. The van der Waals surface area contributed by atoms with Crippen molar-refractivity contribution in [2.24, 2.45) is 5.41 Å². The molecule has 10 heteroatoms. The molecule has 8 nitrogen and oxygen atoms in total. The van der Waals surface area contributed by atoms with E-state index in [9.17, 15) is 9.35 Å². The molecule has 1 spiro atoms. The molecule has 162 valence electrons. The van der Waals surface area contributed by atoms with Crippen LogP contribution in [-0.2, 0) is 22.5 Å². The number of hydrogen-bond acceptors (Lipinski definition) is 6. The molecule has 3 aromatic rings. The first-order valence-corrected chi connectivity index (χ1v) is 12.7. The third kappa shape index (κ3) is 2.77. The molecule has 0 unspecified atom stereocenters. The summed E-state index contributed by atoms with van der Waals surface area (Å²) in [6, 6.07) is 6.60. The Balaban J connectivity index is 1.31. The Kier molecular flexibility index (Phi) is 4.32. The average Bonchev–Trinajstić information content (AvgIpc) is 3.26. The Hall–Kier alpha value is -1.63. The highest BCUT2D eigenvalue weighted by atomic mass is 127. The lowest BCUT2D eigenvalue weighted by Gasteiger charge is -2.46. The van der Waals surface area contributed by atoms with E-state index in [0.717, 1.165) is 32.4 Å². The van der Waals surface area contributed by atoms with Gasteiger partial charge in [-0.1, -0.05) is 18.2 Å². The molecule has 6 rings (SSSR count). The van der Waals surface area contributed by atoms with Crippen molar-refractivity contribution in [3.8, 4) is 0 Å². The highest BCUT2D eigenvalue weighted by Gasteiger charge is 2.56. The largest absolute Gasteiger partial charge is 0.597 e. The van der Waals surface area contributed by atoms with Gasteiger partial charge in [-0.15, -0.1) is 4.72 Å². The van der Waals surface area contributed by atoms with Crippen LogP contribution in [0.15, 0.2) is 23.0 Å². The third-order valence-corrected chi connectivity index (χ3v) is 9.79. The number of anilines is 1. The van der Waals surface area contributed by atoms with Crippen LogP contribution in [0, 0.1) is 9.12 Å². The zero-order valence-electron chi connectivity index (χ0n) is 17.3. The minimum atomic E-state index is -1.13. The van der Waals surface area contributed by atoms with E-state index in [1.165, 1.54) is 16.7 Å². The van der Waals surface area contributed by atoms with E-state index in [0.29, 0.717) is 20.7 Å². The van der Waals surface area contributed by atoms with Crippen LogP contribution in [-0.4, -0.2) is 37.8 Å². The number of aromatic nitrogens is 4. The average molecular weight is 550 g/mol. The van der Waals surface area contributed by atoms with E-state index in [1.54, 1.807) is 0 Å². The van der Waals surface area contributed by atoms with Crippen LogP contribution in [0.2, 0.25) is 0 Å². The fraction of sp³-hybridized carbons (Fsp3) is 0.476. The van der Waals surface area contributed by atoms with Crippen LogP contribution in [0.5, 0.6) is 0 Å². The van der Waals surface area contributed by atoms with Crippen molar-refractivity contribution in [3.05, 3.63) is 48.9 Å². The minimum Gasteiger partial charge on any atom is -0.597 e. The zero-order chi connectivity index (χ0) is 21.5. The van der Waals surface area contributed by atoms with E-state index in [4.69, 9.17) is 0 Å². The Labute approximate surface area is 196 Å². The highest BCUT2D eigenvalue weighted by molar-refractivity contribution is 14.1. The fourth-order valence-electron chi connectivity index (χ4n) is 5.63. The second-order valence-corrected chi connectivity index (χ2v) is 12.2. The topological polar surface area (TPSA) is 113 Å². The summed E-state index contributed by atoms with van der Waals surface area (Å²) < 4.78 is 16.8. The van der Waals surface area contributed by atoms with Crippen LogP contribution < -0.4 is 15.2 Å². The Morgan fingerprint density at radius 3 is 2.84 bits per heavy atom. The molecule has 2 aliphatic heterocycles. The molecular formula is C21H23IN6O2S. The molecule has 1 aliphatic carbocycles. The predicted molar refractivity (Wildman–Crippen MR) is 128 cm³/mol. The lowest BCUT2D eigenvalue weighted by Crippen LogP contribution is -2.53. The van der Waals surface area contributed by atoms with Gasteiger partial charge in [0.05, 0.1) is 6.04 Å². The Bertz CT molecular complexity index is 1260. The maximum Gasteiger partial charge on any atom is 0.264 e. The summed E-state index contributed by atoms with van der Waals surface area (Å²) in [5.41, 5.74) is 4.36. The van der Waals surface area contributed by atoms with E-state index < -0.39 is 16.1 Å². The molecule has 0 bridgehead atoms. The number of halogens is 1. The monoisotopic (exact) mass is 550 g/mol. The van der Waals surface area contributed by atoms with E-state index in [-0.39, 0.29) is 17.0 Å². The summed E-state index contributed by atoms with van der Waals surface area (Å²) in [5, 5.41) is 7.46. The number of rotatable bonds is 1. The van der Waals surface area contributed by atoms with Crippen molar-refractivity contribution in [2.75, 3.05) is 18.0 Å². The van der Waals surface area contributed by atoms with Gasteiger partial charge in [-0.2, -0.15) is 10.1 Å². The molecule has 3 N–H and O–H groups in total. The van der Waals surface area contributed by atoms with Crippen LogP contribution in [0.3, 0.4) is 0 Å². The Morgan fingerprint density at radius 2 is 2.06 bits per heavy atom. The van der Waals surface area contributed by atoms with Crippen LogP contribution in [0.25, 0.3) is 11.0 Å². The third-order valence-electron chi connectivity index (χ3n) is 7.41. The summed E-state index contributed by atoms with van der Waals surface area (Å²) >= 11 is 0.905. The summed E-state index contributed by atoms with van der Waals surface area (Å²) in [6.45, 7) is 5.70. The first-order chi connectivity index (χ1) is 14.8. The first-order valence-electron chi connectivity index (χ1n) is 10.5. The van der Waals surface area contributed by atoms with Crippen LogP contribution in [0.4, 0.5) is 5.95 Å². The van der Waals surface area contributed by atoms with Crippen LogP contribution in [0.1, 0.15) is 49.4 Å². The van der Waals surface area contributed by atoms with Gasteiger partial charge < -0.3 is 9.45 Å². The van der Waals surface area contributed by atoms with E-state index in [1.807, 2.05) is 22.6 Å². The summed E-state index contributed by atoms with van der Waals surface area (Å²) in [7, 11) is 0. The van der Waals surface area contributed by atoms with Gasteiger partial charge in [-0.3, -0.25) is 14.9 Å². The van der Waals surface area contributed by atoms with Gasteiger partial charge >= 0.3 is 0 Å². The number of H-pyrrole nitrogens is 2. The summed E-state index contributed by atoms with van der Waals surface area (Å²) in [6.07, 6.45) is 2.88. The standard InChI is InChI=1S/C21H23IN6O2S/c1-20(2)12-5-3-4-11-10-21(15(13(11)12)27-31(20)30)6-8-28(9-7-21)19-23-17-14(18(29)24-19)16(22)25-26-17/h3-5,15,27H,6-10H2,1-2H3,(H2,23,24,25,26,29)/t15-,31-/m1/s1. The molecule has 31 heavy (non-hydrogen) atoms. The molecular weight excluding hydrogens is 527 g/mol. The number of nitrogens with one attached hydrogen (secondary N) is 3. The van der Waals surface area contributed by atoms with Gasteiger partial charge in [0.1, 0.15) is 9.09 Å². The molecule has 4 heterocycles. The molecule has 1 saturated heterocycles. The number of nitrogens with zero attached hydrogens (tertiary/aromatic N) is 3. The lowest BCUT2D eigenvalue weighted by molar-refractivity contribution is 0.172. The smallest absolute Gasteiger partial charge is 0.264 e. The summed E-state index contributed by atoms with van der Waals surface area (Å²) in [5.74, 6) is 0.588. The van der Waals surface area contributed by atoms with Crippen molar-refractivity contribution in [3.63, 3.8) is 0 Å². The van der Waals surface area contributed by atoms with Gasteiger partial charge in [-0.05, 0) is 66.8 Å². The fourth-order valence-corrected chi connectivity index (χ4v) is 7.50. The number of fused-ring (bicyclic) bond motifs is 2. The van der Waals surface area contributed by atoms with E-state index >= 15 is 0 Å². The second-order valence-electron chi connectivity index (χ2n) is 9.36. The maximum atomic E-state index is 13.1. The number of aromatic amines is 2. The van der Waals surface area contributed by atoms with Gasteiger partial charge in [0.15, 0.2) is 10.4 Å². The van der Waals surface area contributed by atoms with Crippen molar-refractivity contribution in [2.45, 2.75) is 43.9 Å². The van der Waals surface area contributed by atoms with Gasteiger partial charge in [0.25, 0.3) is 5.56 Å². The molecule has 0 amide bonds. The molecule has 0 radical (unpaired) electrons. The second kappa shape index (κ2) is 6.69. The zero-order valence-corrected chi connectivity index (χ0v) is 20.3. The normalized spacial score (nSPS) is 25.9. The van der Waals surface area contributed by atoms with Gasteiger partial charge in [0, 0.05) is 35.4 Å². The van der Waals surface area contributed by atoms with E-state index in [2.05, 4.69) is 61.8 Å². The minimum absolute atomic E-state index is 0.0366.